The molecule has 5 nitrogen and oxygen atoms in total. The van der Waals surface area contributed by atoms with E-state index in [9.17, 15) is 4.79 Å². The molecule has 5 heteroatoms. The molecule has 2 aromatic rings. The predicted molar refractivity (Wildman–Crippen MR) is 100 cm³/mol. The fourth-order valence-electron chi connectivity index (χ4n) is 3.04. The summed E-state index contributed by atoms with van der Waals surface area (Å²) in [5.74, 6) is 1.27. The number of pyridine rings is 1. The van der Waals surface area contributed by atoms with Gasteiger partial charge in [0.2, 0.25) is 0 Å². The highest BCUT2D eigenvalue weighted by Gasteiger charge is 2.18. The standard InChI is InChI=1S/C20H25N3O2/c1-3-25-19-7-5-4-6-18(19)22-20(24)16-12-17(14-21-13-16)23-10-8-15(2)9-11-23/h4-7,12-15H,3,8-11H2,1-2H3,(H,22,24). The maximum atomic E-state index is 12.6. The van der Waals surface area contributed by atoms with Gasteiger partial charge in [-0.3, -0.25) is 9.78 Å². The molecule has 1 N–H and O–H groups in total. The topological polar surface area (TPSA) is 54.5 Å². The Hall–Kier alpha value is -2.56. The first-order valence-electron chi connectivity index (χ1n) is 8.90. The number of piperidine rings is 1. The SMILES string of the molecule is CCOc1ccccc1NC(=O)c1cncc(N2CCC(C)CC2)c1. The van der Waals surface area contributed by atoms with E-state index in [0.717, 1.165) is 24.7 Å². The van der Waals surface area contributed by atoms with E-state index in [4.69, 9.17) is 4.74 Å². The van der Waals surface area contributed by atoms with Crippen LogP contribution in [0.2, 0.25) is 0 Å². The number of hydrogen-bond acceptors (Lipinski definition) is 4. The Labute approximate surface area is 149 Å². The molecule has 0 spiro atoms. The molecule has 132 valence electrons. The van der Waals surface area contributed by atoms with Crippen LogP contribution in [0.3, 0.4) is 0 Å². The molecule has 0 unspecified atom stereocenters. The average molecular weight is 339 g/mol. The monoisotopic (exact) mass is 339 g/mol. The van der Waals surface area contributed by atoms with Crippen molar-refractivity contribution in [1.82, 2.24) is 4.98 Å². The van der Waals surface area contributed by atoms with E-state index < -0.39 is 0 Å². The van der Waals surface area contributed by atoms with Crippen molar-refractivity contribution in [3.8, 4) is 5.75 Å². The molecule has 3 rings (SSSR count). The van der Waals surface area contributed by atoms with Gasteiger partial charge in [-0.15, -0.1) is 0 Å². The van der Waals surface area contributed by atoms with E-state index in [1.54, 1.807) is 6.20 Å². The van der Waals surface area contributed by atoms with Crippen LogP contribution in [0.15, 0.2) is 42.7 Å². The van der Waals surface area contributed by atoms with Crippen LogP contribution in [0.1, 0.15) is 37.0 Å². The van der Waals surface area contributed by atoms with Crippen molar-refractivity contribution >= 4 is 17.3 Å². The van der Waals surface area contributed by atoms with E-state index in [0.29, 0.717) is 23.6 Å². The molecular formula is C20H25N3O2. The quantitative estimate of drug-likeness (QED) is 0.895. The van der Waals surface area contributed by atoms with Crippen molar-refractivity contribution in [2.24, 2.45) is 5.92 Å². The summed E-state index contributed by atoms with van der Waals surface area (Å²) in [5.41, 5.74) is 2.24. The van der Waals surface area contributed by atoms with Crippen molar-refractivity contribution in [1.29, 1.82) is 0 Å². The second kappa shape index (κ2) is 8.01. The largest absolute Gasteiger partial charge is 0.492 e. The molecule has 2 heterocycles. The molecule has 1 fully saturated rings. The number of carbonyl (C=O) groups is 1. The van der Waals surface area contributed by atoms with Crippen molar-refractivity contribution in [3.63, 3.8) is 0 Å². The van der Waals surface area contributed by atoms with Crippen LogP contribution in [-0.4, -0.2) is 30.6 Å². The van der Waals surface area contributed by atoms with Gasteiger partial charge in [0.25, 0.3) is 5.91 Å². The second-order valence-electron chi connectivity index (χ2n) is 6.48. The van der Waals surface area contributed by atoms with Gasteiger partial charge in [-0.05, 0) is 43.9 Å². The number of aromatic nitrogens is 1. The third-order valence-corrected chi connectivity index (χ3v) is 4.57. The summed E-state index contributed by atoms with van der Waals surface area (Å²) >= 11 is 0. The van der Waals surface area contributed by atoms with E-state index in [-0.39, 0.29) is 5.91 Å². The number of nitrogens with zero attached hydrogens (tertiary/aromatic N) is 2. The highest BCUT2D eigenvalue weighted by atomic mass is 16.5. The molecule has 0 bridgehead atoms. The highest BCUT2D eigenvalue weighted by molar-refractivity contribution is 6.05. The van der Waals surface area contributed by atoms with Gasteiger partial charge in [-0.1, -0.05) is 19.1 Å². The lowest BCUT2D eigenvalue weighted by atomic mass is 9.99. The first-order valence-corrected chi connectivity index (χ1v) is 8.90. The van der Waals surface area contributed by atoms with E-state index >= 15 is 0 Å². The summed E-state index contributed by atoms with van der Waals surface area (Å²) in [6.45, 7) is 6.79. The number of benzene rings is 1. The normalized spacial score (nSPS) is 15.0. The molecule has 0 aliphatic carbocycles. The Kier molecular flexibility index (Phi) is 5.53. The van der Waals surface area contributed by atoms with Gasteiger partial charge in [0.15, 0.2) is 0 Å². The molecule has 1 aromatic heterocycles. The molecule has 1 saturated heterocycles. The second-order valence-corrected chi connectivity index (χ2v) is 6.48. The Morgan fingerprint density at radius 2 is 2.04 bits per heavy atom. The van der Waals surface area contributed by atoms with E-state index in [1.165, 1.54) is 12.8 Å². The van der Waals surface area contributed by atoms with Gasteiger partial charge in [0.1, 0.15) is 5.75 Å². The molecule has 0 saturated carbocycles. The number of nitrogens with one attached hydrogen (secondary N) is 1. The molecule has 0 atom stereocenters. The Morgan fingerprint density at radius 3 is 2.80 bits per heavy atom. The number of anilines is 2. The fourth-order valence-corrected chi connectivity index (χ4v) is 3.04. The average Bonchev–Trinajstić information content (AvgIpc) is 2.64. The zero-order valence-corrected chi connectivity index (χ0v) is 14.9. The van der Waals surface area contributed by atoms with Crippen LogP contribution in [0.4, 0.5) is 11.4 Å². The van der Waals surface area contributed by atoms with Crippen molar-refractivity contribution in [3.05, 3.63) is 48.3 Å². The first-order chi connectivity index (χ1) is 12.2. The molecule has 1 aromatic carbocycles. The van der Waals surface area contributed by atoms with Crippen LogP contribution >= 0.6 is 0 Å². The minimum absolute atomic E-state index is 0.174. The molecule has 1 amide bonds. The highest BCUT2D eigenvalue weighted by Crippen LogP contribution is 2.26. The number of ether oxygens (including phenoxy) is 1. The van der Waals surface area contributed by atoms with E-state index in [2.05, 4.69) is 22.1 Å². The summed E-state index contributed by atoms with van der Waals surface area (Å²) in [6.07, 6.45) is 5.80. The lowest BCUT2D eigenvalue weighted by Gasteiger charge is -2.32. The van der Waals surface area contributed by atoms with Gasteiger partial charge >= 0.3 is 0 Å². The molecule has 1 aliphatic rings. The van der Waals surface area contributed by atoms with Crippen LogP contribution < -0.4 is 15.0 Å². The summed E-state index contributed by atoms with van der Waals surface area (Å²) in [4.78, 5) is 19.2. The van der Waals surface area contributed by atoms with Crippen LogP contribution in [0, 0.1) is 5.92 Å². The Bertz CT molecular complexity index is 724. The minimum Gasteiger partial charge on any atom is -0.492 e. The fraction of sp³-hybridized carbons (Fsp3) is 0.400. The van der Waals surface area contributed by atoms with Crippen molar-refractivity contribution < 1.29 is 9.53 Å². The van der Waals surface area contributed by atoms with Gasteiger partial charge in [0, 0.05) is 19.3 Å². The molecule has 1 aliphatic heterocycles. The lowest BCUT2D eigenvalue weighted by Crippen LogP contribution is -2.33. The van der Waals surface area contributed by atoms with Gasteiger partial charge in [0.05, 0.1) is 29.7 Å². The molecule has 0 radical (unpaired) electrons. The first kappa shape index (κ1) is 17.3. The van der Waals surface area contributed by atoms with Crippen LogP contribution in [0.25, 0.3) is 0 Å². The van der Waals surface area contributed by atoms with E-state index in [1.807, 2.05) is 43.5 Å². The minimum atomic E-state index is -0.174. The maximum absolute atomic E-state index is 12.6. The van der Waals surface area contributed by atoms with Crippen LogP contribution in [0.5, 0.6) is 5.75 Å². The number of carbonyl (C=O) groups excluding carboxylic acids is 1. The number of hydrogen-bond donors (Lipinski definition) is 1. The molecular weight excluding hydrogens is 314 g/mol. The smallest absolute Gasteiger partial charge is 0.257 e. The Morgan fingerprint density at radius 1 is 1.28 bits per heavy atom. The lowest BCUT2D eigenvalue weighted by molar-refractivity contribution is 0.102. The van der Waals surface area contributed by atoms with Crippen molar-refractivity contribution in [2.75, 3.05) is 29.9 Å². The molecule has 25 heavy (non-hydrogen) atoms. The van der Waals surface area contributed by atoms with Crippen molar-refractivity contribution in [2.45, 2.75) is 26.7 Å². The summed E-state index contributed by atoms with van der Waals surface area (Å²) < 4.78 is 5.56. The predicted octanol–water partition coefficient (Wildman–Crippen LogP) is 3.97. The number of amides is 1. The Balaban J connectivity index is 1.74. The third kappa shape index (κ3) is 4.29. The summed E-state index contributed by atoms with van der Waals surface area (Å²) in [7, 11) is 0. The third-order valence-electron chi connectivity index (χ3n) is 4.57. The van der Waals surface area contributed by atoms with Gasteiger partial charge < -0.3 is 15.0 Å². The summed E-state index contributed by atoms with van der Waals surface area (Å²) in [6, 6.07) is 9.37. The number of rotatable bonds is 5. The van der Waals surface area contributed by atoms with Gasteiger partial charge in [-0.25, -0.2) is 0 Å². The summed E-state index contributed by atoms with van der Waals surface area (Å²) in [5, 5.41) is 2.93. The van der Waals surface area contributed by atoms with Crippen LogP contribution in [-0.2, 0) is 0 Å². The number of para-hydroxylation sites is 2. The zero-order chi connectivity index (χ0) is 17.6. The maximum Gasteiger partial charge on any atom is 0.257 e. The van der Waals surface area contributed by atoms with Gasteiger partial charge in [-0.2, -0.15) is 0 Å². The zero-order valence-electron chi connectivity index (χ0n) is 14.9.